The minimum absolute atomic E-state index is 0.156. The molecule has 1 aliphatic heterocycles. The summed E-state index contributed by atoms with van der Waals surface area (Å²) >= 11 is 3.51. The number of amides is 1. The molecule has 0 radical (unpaired) electrons. The van der Waals surface area contributed by atoms with Gasteiger partial charge in [-0.25, -0.2) is 0 Å². The third-order valence-corrected chi connectivity index (χ3v) is 5.35. The molecule has 144 valence electrons. The third-order valence-electron chi connectivity index (χ3n) is 4.86. The van der Waals surface area contributed by atoms with E-state index in [0.29, 0.717) is 44.8 Å². The molecule has 27 heavy (non-hydrogen) atoms. The zero-order valence-electron chi connectivity index (χ0n) is 15.2. The Morgan fingerprint density at radius 2 is 2.07 bits per heavy atom. The van der Waals surface area contributed by atoms with Crippen LogP contribution in [0.2, 0.25) is 0 Å². The van der Waals surface area contributed by atoms with Crippen molar-refractivity contribution in [2.75, 3.05) is 26.9 Å². The Morgan fingerprint density at radius 3 is 2.78 bits per heavy atom. The lowest BCUT2D eigenvalue weighted by Crippen LogP contribution is -2.49. The largest absolute Gasteiger partial charge is 0.383 e. The number of carbonyl (C=O) groups excluding carboxylic acids is 1. The lowest BCUT2D eigenvalue weighted by molar-refractivity contribution is 0.0345. The van der Waals surface area contributed by atoms with Crippen molar-refractivity contribution in [1.29, 1.82) is 0 Å². The molecule has 0 spiro atoms. The number of aromatic nitrogens is 1. The second kappa shape index (κ2) is 8.82. The highest BCUT2D eigenvalue weighted by molar-refractivity contribution is 9.10. The van der Waals surface area contributed by atoms with E-state index in [1.807, 2.05) is 24.3 Å². The summed E-state index contributed by atoms with van der Waals surface area (Å²) in [6, 6.07) is 11.0. The molecule has 1 saturated heterocycles. The first-order valence-electron chi connectivity index (χ1n) is 8.90. The second-order valence-corrected chi connectivity index (χ2v) is 7.52. The van der Waals surface area contributed by atoms with Crippen LogP contribution in [0.15, 0.2) is 51.9 Å². The van der Waals surface area contributed by atoms with Crippen LogP contribution in [0, 0.1) is 0 Å². The summed E-state index contributed by atoms with van der Waals surface area (Å²) < 4.78 is 13.0. The molecule has 0 aliphatic carbocycles. The zero-order chi connectivity index (χ0) is 19.3. The average Bonchev–Trinajstić information content (AvgIpc) is 2.68. The maximum Gasteiger partial charge on any atom is 0.253 e. The number of nitrogens with zero attached hydrogens (tertiary/aromatic N) is 1. The van der Waals surface area contributed by atoms with Gasteiger partial charge in [0.2, 0.25) is 0 Å². The number of halogens is 1. The van der Waals surface area contributed by atoms with Gasteiger partial charge < -0.3 is 19.4 Å². The SMILES string of the molecule is COCCn1cc(C(=O)NC2(c3cccc(Br)c3)CCOCC2)ccc1=O. The number of nitrogens with one attached hydrogen (secondary N) is 1. The quantitative estimate of drug-likeness (QED) is 0.758. The Hall–Kier alpha value is -1.96. The van der Waals surface area contributed by atoms with E-state index in [1.54, 1.807) is 19.4 Å². The van der Waals surface area contributed by atoms with E-state index in [0.717, 1.165) is 10.0 Å². The molecular weight excluding hydrogens is 412 g/mol. The highest BCUT2D eigenvalue weighted by Crippen LogP contribution is 2.33. The number of hydrogen-bond acceptors (Lipinski definition) is 4. The zero-order valence-corrected chi connectivity index (χ0v) is 16.8. The van der Waals surface area contributed by atoms with Gasteiger partial charge in [-0.05, 0) is 36.6 Å². The van der Waals surface area contributed by atoms with Gasteiger partial charge in [0.15, 0.2) is 0 Å². The van der Waals surface area contributed by atoms with Crippen LogP contribution in [0.3, 0.4) is 0 Å². The molecule has 1 N–H and O–H groups in total. The molecule has 1 amide bonds. The Kier molecular flexibility index (Phi) is 6.46. The van der Waals surface area contributed by atoms with E-state index in [9.17, 15) is 9.59 Å². The number of methoxy groups -OCH3 is 1. The van der Waals surface area contributed by atoms with Gasteiger partial charge in [-0.1, -0.05) is 28.1 Å². The van der Waals surface area contributed by atoms with Crippen LogP contribution in [0.4, 0.5) is 0 Å². The van der Waals surface area contributed by atoms with Crippen LogP contribution in [-0.4, -0.2) is 37.4 Å². The van der Waals surface area contributed by atoms with Crippen LogP contribution in [0.1, 0.15) is 28.8 Å². The maximum atomic E-state index is 13.0. The van der Waals surface area contributed by atoms with Crippen molar-refractivity contribution in [3.63, 3.8) is 0 Å². The van der Waals surface area contributed by atoms with Crippen LogP contribution in [0.25, 0.3) is 0 Å². The standard InChI is InChI=1S/C20H23BrN2O4/c1-26-12-9-23-14-15(5-6-18(23)24)19(25)22-20(7-10-27-11-8-20)16-3-2-4-17(21)13-16/h2-6,13-14H,7-12H2,1H3,(H,22,25). The predicted octanol–water partition coefficient (Wildman–Crippen LogP) is 2.69. The summed E-state index contributed by atoms with van der Waals surface area (Å²) in [4.78, 5) is 25.0. The molecule has 1 aliphatic rings. The molecule has 2 heterocycles. The molecule has 1 aromatic carbocycles. The minimum atomic E-state index is -0.493. The molecule has 0 bridgehead atoms. The summed E-state index contributed by atoms with van der Waals surface area (Å²) in [7, 11) is 1.58. The van der Waals surface area contributed by atoms with E-state index >= 15 is 0 Å². The lowest BCUT2D eigenvalue weighted by Gasteiger charge is -2.38. The van der Waals surface area contributed by atoms with Gasteiger partial charge in [0, 0.05) is 43.6 Å². The van der Waals surface area contributed by atoms with Crippen molar-refractivity contribution in [1.82, 2.24) is 9.88 Å². The number of carbonyl (C=O) groups is 1. The van der Waals surface area contributed by atoms with E-state index < -0.39 is 5.54 Å². The van der Waals surface area contributed by atoms with Gasteiger partial charge in [-0.15, -0.1) is 0 Å². The van der Waals surface area contributed by atoms with E-state index in [-0.39, 0.29) is 11.5 Å². The fraction of sp³-hybridized carbons (Fsp3) is 0.400. The highest BCUT2D eigenvalue weighted by Gasteiger charge is 2.36. The van der Waals surface area contributed by atoms with Crippen LogP contribution in [-0.2, 0) is 21.6 Å². The van der Waals surface area contributed by atoms with Crippen molar-refractivity contribution in [3.8, 4) is 0 Å². The van der Waals surface area contributed by atoms with E-state index in [2.05, 4.69) is 21.2 Å². The first-order valence-corrected chi connectivity index (χ1v) is 9.69. The topological polar surface area (TPSA) is 69.6 Å². The third kappa shape index (κ3) is 4.66. The molecule has 6 nitrogen and oxygen atoms in total. The fourth-order valence-electron chi connectivity index (χ4n) is 3.31. The summed E-state index contributed by atoms with van der Waals surface area (Å²) in [6.07, 6.45) is 2.97. The van der Waals surface area contributed by atoms with Gasteiger partial charge >= 0.3 is 0 Å². The summed E-state index contributed by atoms with van der Waals surface area (Å²) in [6.45, 7) is 1.98. The predicted molar refractivity (Wildman–Crippen MR) is 106 cm³/mol. The summed E-state index contributed by atoms with van der Waals surface area (Å²) in [5.74, 6) is -0.206. The molecule has 1 aromatic heterocycles. The van der Waals surface area contributed by atoms with Crippen molar-refractivity contribution in [2.45, 2.75) is 24.9 Å². The van der Waals surface area contributed by atoms with Gasteiger partial charge in [-0.2, -0.15) is 0 Å². The molecule has 0 saturated carbocycles. The fourth-order valence-corrected chi connectivity index (χ4v) is 3.71. The number of pyridine rings is 1. The molecule has 2 aromatic rings. The molecule has 0 unspecified atom stereocenters. The van der Waals surface area contributed by atoms with Gasteiger partial charge in [-0.3, -0.25) is 9.59 Å². The first kappa shape index (κ1) is 19.8. The van der Waals surface area contributed by atoms with Gasteiger partial charge in [0.05, 0.1) is 17.7 Å². The molecule has 7 heteroatoms. The van der Waals surface area contributed by atoms with E-state index in [1.165, 1.54) is 10.6 Å². The van der Waals surface area contributed by atoms with Gasteiger partial charge in [0.25, 0.3) is 11.5 Å². The normalized spacial score (nSPS) is 16.1. The molecule has 0 atom stereocenters. The van der Waals surface area contributed by atoms with Crippen LogP contribution in [0.5, 0.6) is 0 Å². The average molecular weight is 435 g/mol. The van der Waals surface area contributed by atoms with Crippen LogP contribution >= 0.6 is 15.9 Å². The van der Waals surface area contributed by atoms with Crippen molar-refractivity contribution in [2.24, 2.45) is 0 Å². The second-order valence-electron chi connectivity index (χ2n) is 6.60. The van der Waals surface area contributed by atoms with Crippen molar-refractivity contribution >= 4 is 21.8 Å². The molecule has 3 rings (SSSR count). The maximum absolute atomic E-state index is 13.0. The molecule has 1 fully saturated rings. The number of ether oxygens (including phenoxy) is 2. The van der Waals surface area contributed by atoms with Crippen LogP contribution < -0.4 is 10.9 Å². The Balaban J connectivity index is 1.88. The Morgan fingerprint density at radius 1 is 1.30 bits per heavy atom. The Bertz CT molecular complexity index is 859. The highest BCUT2D eigenvalue weighted by atomic mass is 79.9. The smallest absolute Gasteiger partial charge is 0.253 e. The van der Waals surface area contributed by atoms with Crippen molar-refractivity contribution < 1.29 is 14.3 Å². The van der Waals surface area contributed by atoms with E-state index in [4.69, 9.17) is 9.47 Å². The van der Waals surface area contributed by atoms with Gasteiger partial charge in [0.1, 0.15) is 0 Å². The first-order chi connectivity index (χ1) is 13.0. The number of rotatable bonds is 6. The molecular formula is C20H23BrN2O4. The lowest BCUT2D eigenvalue weighted by atomic mass is 9.82. The van der Waals surface area contributed by atoms with Crippen molar-refractivity contribution in [3.05, 3.63) is 68.5 Å². The summed E-state index contributed by atoms with van der Waals surface area (Å²) in [5.41, 5.74) is 0.844. The number of hydrogen-bond donors (Lipinski definition) is 1. The number of benzene rings is 1. The monoisotopic (exact) mass is 434 g/mol. The Labute approximate surface area is 166 Å². The minimum Gasteiger partial charge on any atom is -0.383 e. The summed E-state index contributed by atoms with van der Waals surface area (Å²) in [5, 5.41) is 3.21.